The molecule has 1 heterocycles. The monoisotopic (exact) mass is 286 g/mol. The largest absolute Gasteiger partial charge is 0.372 e. The van der Waals surface area contributed by atoms with Crippen LogP contribution in [0.1, 0.15) is 0 Å². The van der Waals surface area contributed by atoms with Gasteiger partial charge < -0.3 is 11.1 Å². The number of halogens is 2. The SMILES string of the molecule is CNc1nc(N)nc2cc(-c3c(F)cccc3F)ccc12. The zero-order valence-corrected chi connectivity index (χ0v) is 11.2. The van der Waals surface area contributed by atoms with E-state index in [9.17, 15) is 8.78 Å². The third-order valence-corrected chi connectivity index (χ3v) is 3.20. The topological polar surface area (TPSA) is 63.8 Å². The van der Waals surface area contributed by atoms with E-state index in [4.69, 9.17) is 5.73 Å². The first kappa shape index (κ1) is 13.2. The van der Waals surface area contributed by atoms with E-state index in [2.05, 4.69) is 15.3 Å². The second kappa shape index (κ2) is 4.97. The summed E-state index contributed by atoms with van der Waals surface area (Å²) in [4.78, 5) is 8.18. The fourth-order valence-corrected chi connectivity index (χ4v) is 2.27. The first-order valence-corrected chi connectivity index (χ1v) is 6.29. The first-order valence-electron chi connectivity index (χ1n) is 6.29. The van der Waals surface area contributed by atoms with Crippen LogP contribution in [0.2, 0.25) is 0 Å². The zero-order valence-electron chi connectivity index (χ0n) is 11.2. The van der Waals surface area contributed by atoms with E-state index in [0.29, 0.717) is 16.9 Å². The molecule has 0 saturated heterocycles. The lowest BCUT2D eigenvalue weighted by molar-refractivity contribution is 0.589. The Labute approximate surface area is 119 Å². The molecule has 0 spiro atoms. The van der Waals surface area contributed by atoms with Gasteiger partial charge in [-0.15, -0.1) is 0 Å². The lowest BCUT2D eigenvalue weighted by atomic mass is 10.0. The maximum Gasteiger partial charge on any atom is 0.222 e. The second-order valence-electron chi connectivity index (χ2n) is 4.51. The minimum absolute atomic E-state index is 0.0809. The fourth-order valence-electron chi connectivity index (χ4n) is 2.27. The van der Waals surface area contributed by atoms with E-state index in [0.717, 1.165) is 5.39 Å². The summed E-state index contributed by atoms with van der Waals surface area (Å²) in [5.41, 5.74) is 6.48. The third kappa shape index (κ3) is 2.24. The van der Waals surface area contributed by atoms with Gasteiger partial charge in [-0.2, -0.15) is 4.98 Å². The molecule has 0 saturated carbocycles. The highest BCUT2D eigenvalue weighted by molar-refractivity contribution is 5.92. The number of nitrogens with two attached hydrogens (primary N) is 1. The van der Waals surface area contributed by atoms with Crippen molar-refractivity contribution in [2.45, 2.75) is 0 Å². The summed E-state index contributed by atoms with van der Waals surface area (Å²) in [6.07, 6.45) is 0. The second-order valence-corrected chi connectivity index (χ2v) is 4.51. The van der Waals surface area contributed by atoms with Crippen molar-refractivity contribution in [3.8, 4) is 11.1 Å². The van der Waals surface area contributed by atoms with Crippen LogP contribution in [0.3, 0.4) is 0 Å². The number of nitrogens with one attached hydrogen (secondary N) is 1. The average Bonchev–Trinajstić information content (AvgIpc) is 2.45. The molecule has 3 rings (SSSR count). The summed E-state index contributed by atoms with van der Waals surface area (Å²) >= 11 is 0. The average molecular weight is 286 g/mol. The van der Waals surface area contributed by atoms with E-state index < -0.39 is 11.6 Å². The highest BCUT2D eigenvalue weighted by atomic mass is 19.1. The van der Waals surface area contributed by atoms with Crippen LogP contribution < -0.4 is 11.1 Å². The van der Waals surface area contributed by atoms with Crippen LogP contribution >= 0.6 is 0 Å². The highest BCUT2D eigenvalue weighted by Gasteiger charge is 2.13. The molecule has 2 aromatic carbocycles. The molecular weight excluding hydrogens is 274 g/mol. The molecule has 4 nitrogen and oxygen atoms in total. The number of hydrogen-bond acceptors (Lipinski definition) is 4. The summed E-state index contributed by atoms with van der Waals surface area (Å²) < 4.78 is 27.7. The van der Waals surface area contributed by atoms with Crippen LogP contribution in [0.5, 0.6) is 0 Å². The summed E-state index contributed by atoms with van der Waals surface area (Å²) in [6, 6.07) is 8.70. The molecule has 106 valence electrons. The van der Waals surface area contributed by atoms with E-state index >= 15 is 0 Å². The van der Waals surface area contributed by atoms with E-state index in [1.165, 1.54) is 18.2 Å². The molecule has 0 aliphatic rings. The zero-order chi connectivity index (χ0) is 15.0. The summed E-state index contributed by atoms with van der Waals surface area (Å²) in [6.45, 7) is 0. The quantitative estimate of drug-likeness (QED) is 0.759. The van der Waals surface area contributed by atoms with Crippen molar-refractivity contribution < 1.29 is 8.78 Å². The minimum atomic E-state index is -0.620. The summed E-state index contributed by atoms with van der Waals surface area (Å²) in [7, 11) is 1.71. The molecule has 1 aromatic heterocycles. The molecule has 3 aromatic rings. The van der Waals surface area contributed by atoms with Crippen molar-refractivity contribution >= 4 is 22.7 Å². The maximum atomic E-state index is 13.9. The smallest absolute Gasteiger partial charge is 0.222 e. The van der Waals surface area contributed by atoms with E-state index in [1.54, 1.807) is 25.2 Å². The van der Waals surface area contributed by atoms with Gasteiger partial charge in [0.1, 0.15) is 17.5 Å². The Balaban J connectivity index is 2.27. The normalized spacial score (nSPS) is 10.8. The predicted octanol–water partition coefficient (Wildman–Crippen LogP) is 3.20. The van der Waals surface area contributed by atoms with Crippen molar-refractivity contribution in [2.75, 3.05) is 18.1 Å². The van der Waals surface area contributed by atoms with Crippen molar-refractivity contribution in [3.05, 3.63) is 48.0 Å². The van der Waals surface area contributed by atoms with Crippen LogP contribution in [-0.2, 0) is 0 Å². The number of nitrogens with zero attached hydrogens (tertiary/aromatic N) is 2. The maximum absolute atomic E-state index is 13.9. The van der Waals surface area contributed by atoms with Gasteiger partial charge in [-0.1, -0.05) is 12.1 Å². The molecule has 6 heteroatoms. The Hall–Kier alpha value is -2.76. The van der Waals surface area contributed by atoms with Crippen LogP contribution in [0, 0.1) is 11.6 Å². The summed E-state index contributed by atoms with van der Waals surface area (Å²) in [5, 5.41) is 3.64. The summed E-state index contributed by atoms with van der Waals surface area (Å²) in [5.74, 6) is -0.577. The fraction of sp³-hybridized carbons (Fsp3) is 0.0667. The van der Waals surface area contributed by atoms with Gasteiger partial charge >= 0.3 is 0 Å². The van der Waals surface area contributed by atoms with Crippen molar-refractivity contribution in [1.82, 2.24) is 9.97 Å². The number of anilines is 2. The van der Waals surface area contributed by atoms with Gasteiger partial charge in [0.25, 0.3) is 0 Å². The molecule has 0 unspecified atom stereocenters. The number of rotatable bonds is 2. The Morgan fingerprint density at radius 3 is 2.43 bits per heavy atom. The van der Waals surface area contributed by atoms with Gasteiger partial charge in [0.2, 0.25) is 5.95 Å². The van der Waals surface area contributed by atoms with Crippen LogP contribution in [-0.4, -0.2) is 17.0 Å². The minimum Gasteiger partial charge on any atom is -0.372 e. The highest BCUT2D eigenvalue weighted by Crippen LogP contribution is 2.30. The molecule has 3 N–H and O–H groups in total. The molecule has 0 aliphatic heterocycles. The van der Waals surface area contributed by atoms with E-state index in [1.807, 2.05) is 0 Å². The molecular formula is C15H12F2N4. The molecule has 0 atom stereocenters. The van der Waals surface area contributed by atoms with Gasteiger partial charge in [0.05, 0.1) is 11.1 Å². The molecule has 0 radical (unpaired) electrons. The first-order chi connectivity index (χ1) is 10.1. The number of aromatic nitrogens is 2. The van der Waals surface area contributed by atoms with Crippen molar-refractivity contribution in [2.24, 2.45) is 0 Å². The van der Waals surface area contributed by atoms with Crippen LogP contribution in [0.25, 0.3) is 22.0 Å². The van der Waals surface area contributed by atoms with Gasteiger partial charge in [-0.05, 0) is 29.8 Å². The lowest BCUT2D eigenvalue weighted by Crippen LogP contribution is -2.01. The standard InChI is InChI=1S/C15H12F2N4/c1-19-14-9-6-5-8(7-12(9)20-15(18)21-14)13-10(16)3-2-4-11(13)17/h2-7H,1H3,(H3,18,19,20,21). The number of fused-ring (bicyclic) bond motifs is 1. The van der Waals surface area contributed by atoms with Gasteiger partial charge in [-0.3, -0.25) is 0 Å². The van der Waals surface area contributed by atoms with Crippen LogP contribution in [0.15, 0.2) is 36.4 Å². The van der Waals surface area contributed by atoms with Crippen molar-refractivity contribution in [3.63, 3.8) is 0 Å². The van der Waals surface area contributed by atoms with Gasteiger partial charge in [-0.25, -0.2) is 13.8 Å². The Bertz CT molecular complexity index is 813. The third-order valence-electron chi connectivity index (χ3n) is 3.20. The Morgan fingerprint density at radius 2 is 1.76 bits per heavy atom. The van der Waals surface area contributed by atoms with Crippen molar-refractivity contribution in [1.29, 1.82) is 0 Å². The van der Waals surface area contributed by atoms with E-state index in [-0.39, 0.29) is 11.5 Å². The van der Waals surface area contributed by atoms with Gasteiger partial charge in [0, 0.05) is 12.4 Å². The lowest BCUT2D eigenvalue weighted by Gasteiger charge is -2.09. The molecule has 21 heavy (non-hydrogen) atoms. The molecule has 0 bridgehead atoms. The molecule has 0 fully saturated rings. The Morgan fingerprint density at radius 1 is 1.05 bits per heavy atom. The molecule has 0 amide bonds. The number of nitrogen functional groups attached to an aromatic ring is 1. The van der Waals surface area contributed by atoms with Gasteiger partial charge in [0.15, 0.2) is 0 Å². The predicted molar refractivity (Wildman–Crippen MR) is 78.8 cm³/mol. The number of hydrogen-bond donors (Lipinski definition) is 2. The number of benzene rings is 2. The van der Waals surface area contributed by atoms with Crippen LogP contribution in [0.4, 0.5) is 20.5 Å². The molecule has 0 aliphatic carbocycles. The Kier molecular flexibility index (Phi) is 3.13.